The van der Waals surface area contributed by atoms with E-state index in [1.54, 1.807) is 6.07 Å². The Morgan fingerprint density at radius 1 is 1.06 bits per heavy atom. The number of hydrogen-bond acceptors (Lipinski definition) is 3. The largest absolute Gasteiger partial charge is 0.416 e. The molecule has 6 nitrogen and oxygen atoms in total. The molecule has 0 radical (unpaired) electrons. The average Bonchev–Trinajstić information content (AvgIpc) is 3.52. The summed E-state index contributed by atoms with van der Waals surface area (Å²) in [7, 11) is 0. The molecule has 0 spiro atoms. The third-order valence-corrected chi connectivity index (χ3v) is 7.94. The number of benzene rings is 1. The molecule has 4 rings (SSSR count). The highest BCUT2D eigenvalue weighted by molar-refractivity contribution is 5.87. The fraction of sp³-hybridized carbons (Fsp3) is 0.704. The predicted molar refractivity (Wildman–Crippen MR) is 132 cm³/mol. The Bertz CT molecular complexity index is 917. The van der Waals surface area contributed by atoms with Crippen molar-refractivity contribution in [1.29, 1.82) is 0 Å². The van der Waals surface area contributed by atoms with Crippen LogP contribution in [0.2, 0.25) is 0 Å². The summed E-state index contributed by atoms with van der Waals surface area (Å²) >= 11 is 0. The van der Waals surface area contributed by atoms with Gasteiger partial charge in [-0.3, -0.25) is 9.69 Å². The molecule has 3 fully saturated rings. The molecule has 3 amide bonds. The molecule has 2 saturated carbocycles. The van der Waals surface area contributed by atoms with E-state index in [0.29, 0.717) is 24.4 Å². The lowest BCUT2D eigenvalue weighted by Gasteiger charge is -2.26. The van der Waals surface area contributed by atoms with Crippen LogP contribution in [0.25, 0.3) is 0 Å². The van der Waals surface area contributed by atoms with Crippen molar-refractivity contribution in [1.82, 2.24) is 20.9 Å². The van der Waals surface area contributed by atoms with Crippen LogP contribution in [0.1, 0.15) is 69.9 Å². The van der Waals surface area contributed by atoms with Crippen molar-refractivity contribution in [2.75, 3.05) is 13.1 Å². The van der Waals surface area contributed by atoms with Gasteiger partial charge < -0.3 is 16.0 Å². The van der Waals surface area contributed by atoms with Crippen LogP contribution >= 0.6 is 0 Å². The van der Waals surface area contributed by atoms with Crippen molar-refractivity contribution in [2.24, 2.45) is 17.8 Å². The van der Waals surface area contributed by atoms with Gasteiger partial charge in [-0.05, 0) is 61.5 Å². The van der Waals surface area contributed by atoms with Crippen LogP contribution in [0.4, 0.5) is 18.0 Å². The molecule has 3 unspecified atom stereocenters. The second-order valence-corrected chi connectivity index (χ2v) is 11.3. The van der Waals surface area contributed by atoms with Crippen LogP contribution in [0.5, 0.6) is 0 Å². The van der Waals surface area contributed by atoms with Gasteiger partial charge in [-0.25, -0.2) is 4.79 Å². The number of rotatable bonds is 8. The number of hydrogen-bond donors (Lipinski definition) is 3. The Morgan fingerprint density at radius 2 is 1.81 bits per heavy atom. The van der Waals surface area contributed by atoms with E-state index in [9.17, 15) is 22.8 Å². The number of halogens is 3. The molecular formula is C27H39F3N4O2. The van der Waals surface area contributed by atoms with E-state index < -0.39 is 17.8 Å². The summed E-state index contributed by atoms with van der Waals surface area (Å²) in [5.74, 6) is 0.792. The van der Waals surface area contributed by atoms with Crippen molar-refractivity contribution in [2.45, 2.75) is 89.6 Å². The molecule has 2 aliphatic carbocycles. The minimum absolute atomic E-state index is 0.0170. The van der Waals surface area contributed by atoms with Gasteiger partial charge in [0.25, 0.3) is 0 Å². The molecule has 3 aliphatic rings. The molecule has 1 aromatic carbocycles. The van der Waals surface area contributed by atoms with Gasteiger partial charge in [0.15, 0.2) is 0 Å². The maximum absolute atomic E-state index is 13.2. The third kappa shape index (κ3) is 6.93. The van der Waals surface area contributed by atoms with Gasteiger partial charge in [0.05, 0.1) is 5.56 Å². The molecular weight excluding hydrogens is 469 g/mol. The molecule has 200 valence electrons. The lowest BCUT2D eigenvalue weighted by atomic mass is 9.97. The maximum Gasteiger partial charge on any atom is 0.416 e. The highest BCUT2D eigenvalue weighted by Crippen LogP contribution is 2.39. The lowest BCUT2D eigenvalue weighted by molar-refractivity contribution is -0.137. The number of fused-ring (bicyclic) bond motifs is 1. The van der Waals surface area contributed by atoms with Gasteiger partial charge in [0.1, 0.15) is 6.04 Å². The number of nitrogens with zero attached hydrogens (tertiary/aromatic N) is 1. The molecule has 1 saturated heterocycles. The van der Waals surface area contributed by atoms with Gasteiger partial charge >= 0.3 is 12.2 Å². The molecule has 0 aromatic heterocycles. The minimum atomic E-state index is -4.35. The summed E-state index contributed by atoms with van der Waals surface area (Å²) in [6.07, 6.45) is 2.30. The number of carbonyl (C=O) groups excluding carboxylic acids is 2. The molecule has 1 aliphatic heterocycles. The van der Waals surface area contributed by atoms with E-state index in [0.717, 1.165) is 57.7 Å². The summed E-state index contributed by atoms with van der Waals surface area (Å²) < 4.78 is 39.2. The Morgan fingerprint density at radius 3 is 2.50 bits per heavy atom. The number of likely N-dealkylation sites (tertiary alicyclic amines) is 1. The summed E-state index contributed by atoms with van der Waals surface area (Å²) in [5.41, 5.74) is 0.0325. The molecule has 4 atom stereocenters. The fourth-order valence-corrected chi connectivity index (χ4v) is 6.21. The first-order valence-corrected chi connectivity index (χ1v) is 13.3. The standard InChI is InChI=1S/C27H39F3N4O2/c1-17(2)12-24(33-26(36)31-21-8-3-4-9-21)25(35)32-23-11-10-19-15-34(16-22(19)23)14-18-6-5-7-20(13-18)27(28,29)30/h5-7,13,17,19,21-24H,3-4,8-12,14-16H2,1-2H3,(H,32,35)(H2,31,33,36)/t19-,22?,23?,24?/m0/s1. The summed E-state index contributed by atoms with van der Waals surface area (Å²) in [4.78, 5) is 28.0. The summed E-state index contributed by atoms with van der Waals surface area (Å²) in [6.45, 7) is 6.10. The van der Waals surface area contributed by atoms with Crippen LogP contribution in [-0.2, 0) is 17.5 Å². The van der Waals surface area contributed by atoms with Crippen molar-refractivity contribution in [3.63, 3.8) is 0 Å². The Balaban J connectivity index is 1.32. The monoisotopic (exact) mass is 508 g/mol. The van der Waals surface area contributed by atoms with Crippen LogP contribution in [-0.4, -0.2) is 48.1 Å². The number of nitrogens with one attached hydrogen (secondary N) is 3. The van der Waals surface area contributed by atoms with Gasteiger partial charge in [0.2, 0.25) is 5.91 Å². The van der Waals surface area contributed by atoms with Gasteiger partial charge in [-0.1, -0.05) is 44.9 Å². The normalized spacial score (nSPS) is 25.7. The zero-order valence-electron chi connectivity index (χ0n) is 21.2. The van der Waals surface area contributed by atoms with Crippen LogP contribution in [0.15, 0.2) is 24.3 Å². The molecule has 3 N–H and O–H groups in total. The first-order valence-electron chi connectivity index (χ1n) is 13.3. The van der Waals surface area contributed by atoms with Crippen molar-refractivity contribution in [3.8, 4) is 0 Å². The molecule has 1 aromatic rings. The van der Waals surface area contributed by atoms with Crippen LogP contribution < -0.4 is 16.0 Å². The maximum atomic E-state index is 13.2. The number of carbonyl (C=O) groups is 2. The number of alkyl halides is 3. The summed E-state index contributed by atoms with van der Waals surface area (Å²) in [6, 6.07) is 4.86. The zero-order valence-corrected chi connectivity index (χ0v) is 21.2. The van der Waals surface area contributed by atoms with E-state index in [1.165, 1.54) is 12.1 Å². The predicted octanol–water partition coefficient (Wildman–Crippen LogP) is 4.69. The van der Waals surface area contributed by atoms with Gasteiger partial charge in [-0.2, -0.15) is 13.2 Å². The third-order valence-electron chi connectivity index (χ3n) is 7.94. The zero-order chi connectivity index (χ0) is 25.9. The topological polar surface area (TPSA) is 73.5 Å². The Labute approximate surface area is 211 Å². The van der Waals surface area contributed by atoms with Crippen LogP contribution in [0, 0.1) is 17.8 Å². The quantitative estimate of drug-likeness (QED) is 0.477. The van der Waals surface area contributed by atoms with Gasteiger partial charge in [-0.15, -0.1) is 0 Å². The fourth-order valence-electron chi connectivity index (χ4n) is 6.21. The number of urea groups is 1. The second kappa shape index (κ2) is 11.4. The van der Waals surface area contributed by atoms with E-state index in [2.05, 4.69) is 20.9 Å². The van der Waals surface area contributed by atoms with Crippen LogP contribution in [0.3, 0.4) is 0 Å². The first kappa shape index (κ1) is 26.8. The van der Waals surface area contributed by atoms with E-state index in [4.69, 9.17) is 0 Å². The van der Waals surface area contributed by atoms with E-state index in [1.807, 2.05) is 13.8 Å². The van der Waals surface area contributed by atoms with Gasteiger partial charge in [0, 0.05) is 31.7 Å². The highest BCUT2D eigenvalue weighted by Gasteiger charge is 2.43. The van der Waals surface area contributed by atoms with Crippen molar-refractivity contribution in [3.05, 3.63) is 35.4 Å². The van der Waals surface area contributed by atoms with E-state index in [-0.39, 0.29) is 35.9 Å². The van der Waals surface area contributed by atoms with Crippen molar-refractivity contribution < 1.29 is 22.8 Å². The first-order chi connectivity index (χ1) is 17.1. The molecule has 36 heavy (non-hydrogen) atoms. The summed E-state index contributed by atoms with van der Waals surface area (Å²) in [5, 5.41) is 9.12. The smallest absolute Gasteiger partial charge is 0.351 e. The number of amides is 3. The lowest BCUT2D eigenvalue weighted by Crippen LogP contribution is -2.54. The SMILES string of the molecule is CC(C)CC(NC(=O)NC1CCCC1)C(=O)NC1CC[C@H]2CN(Cc3cccc(C(F)(F)F)c3)CC12. The Kier molecular flexibility index (Phi) is 8.48. The molecule has 0 bridgehead atoms. The minimum Gasteiger partial charge on any atom is -0.351 e. The van der Waals surface area contributed by atoms with Crippen molar-refractivity contribution >= 4 is 11.9 Å². The molecule has 9 heteroatoms. The average molecular weight is 509 g/mol. The van der Waals surface area contributed by atoms with E-state index >= 15 is 0 Å². The highest BCUT2D eigenvalue weighted by atomic mass is 19.4. The Hall–Kier alpha value is -2.29. The second-order valence-electron chi connectivity index (χ2n) is 11.3. The molecule has 1 heterocycles.